The van der Waals surface area contributed by atoms with E-state index in [0.717, 1.165) is 5.69 Å². The second-order valence-corrected chi connectivity index (χ2v) is 4.40. The molecular formula is C15H16N2O4. The van der Waals surface area contributed by atoms with Crippen LogP contribution in [0.1, 0.15) is 11.1 Å². The molecule has 0 aliphatic rings. The Morgan fingerprint density at radius 1 is 1.24 bits per heavy atom. The molecule has 0 radical (unpaired) electrons. The molecule has 21 heavy (non-hydrogen) atoms. The van der Waals surface area contributed by atoms with Gasteiger partial charge in [-0.15, -0.1) is 0 Å². The molecule has 0 atom stereocenters. The highest BCUT2D eigenvalue weighted by Crippen LogP contribution is 2.25. The summed E-state index contributed by atoms with van der Waals surface area (Å²) in [6.45, 7) is 0.0544. The fourth-order valence-electron chi connectivity index (χ4n) is 1.99. The van der Waals surface area contributed by atoms with Gasteiger partial charge in [0.15, 0.2) is 0 Å². The van der Waals surface area contributed by atoms with Crippen LogP contribution in [0.15, 0.2) is 42.5 Å². The number of rotatable bonds is 6. The van der Waals surface area contributed by atoms with Crippen molar-refractivity contribution in [1.82, 2.24) is 0 Å². The van der Waals surface area contributed by atoms with Crippen molar-refractivity contribution in [3.8, 4) is 5.75 Å². The molecule has 0 saturated carbocycles. The SMILES string of the molecule is CNc1ccc([N+](=O)[O-])cc1COc1ccccc1CO. The Labute approximate surface area is 122 Å². The summed E-state index contributed by atoms with van der Waals surface area (Å²) in [7, 11) is 1.74. The third kappa shape index (κ3) is 3.49. The van der Waals surface area contributed by atoms with Crippen LogP contribution in [0.3, 0.4) is 0 Å². The number of para-hydroxylation sites is 1. The molecule has 0 amide bonds. The summed E-state index contributed by atoms with van der Waals surface area (Å²) in [6, 6.07) is 11.7. The van der Waals surface area contributed by atoms with Crippen molar-refractivity contribution >= 4 is 11.4 Å². The van der Waals surface area contributed by atoms with Crippen LogP contribution >= 0.6 is 0 Å². The summed E-state index contributed by atoms with van der Waals surface area (Å²) < 4.78 is 5.67. The highest BCUT2D eigenvalue weighted by atomic mass is 16.6. The molecule has 0 heterocycles. The number of benzene rings is 2. The van der Waals surface area contributed by atoms with Crippen molar-refractivity contribution in [3.05, 3.63) is 63.7 Å². The Kier molecular flexibility index (Phi) is 4.73. The largest absolute Gasteiger partial charge is 0.488 e. The number of aliphatic hydroxyl groups excluding tert-OH is 1. The maximum atomic E-state index is 10.8. The van der Waals surface area contributed by atoms with Gasteiger partial charge in [0.05, 0.1) is 11.5 Å². The third-order valence-electron chi connectivity index (χ3n) is 3.10. The first-order chi connectivity index (χ1) is 10.2. The summed E-state index contributed by atoms with van der Waals surface area (Å²) in [6.07, 6.45) is 0. The van der Waals surface area contributed by atoms with Crippen molar-refractivity contribution in [1.29, 1.82) is 0 Å². The molecule has 0 aliphatic heterocycles. The highest BCUT2D eigenvalue weighted by Gasteiger charge is 2.11. The lowest BCUT2D eigenvalue weighted by atomic mass is 10.1. The lowest BCUT2D eigenvalue weighted by Crippen LogP contribution is -2.03. The van der Waals surface area contributed by atoms with Crippen molar-refractivity contribution < 1.29 is 14.8 Å². The average molecular weight is 288 g/mol. The van der Waals surface area contributed by atoms with Gasteiger partial charge in [-0.3, -0.25) is 10.1 Å². The molecule has 0 fully saturated rings. The van der Waals surface area contributed by atoms with Crippen molar-refractivity contribution in [3.63, 3.8) is 0 Å². The summed E-state index contributed by atoms with van der Waals surface area (Å²) in [5.74, 6) is 0.563. The minimum Gasteiger partial charge on any atom is -0.488 e. The first-order valence-corrected chi connectivity index (χ1v) is 6.42. The number of nitrogens with zero attached hydrogens (tertiary/aromatic N) is 1. The molecule has 2 aromatic rings. The zero-order valence-electron chi connectivity index (χ0n) is 11.6. The minimum atomic E-state index is -0.440. The predicted molar refractivity (Wildman–Crippen MR) is 79.3 cm³/mol. The van der Waals surface area contributed by atoms with Gasteiger partial charge in [-0.1, -0.05) is 18.2 Å². The molecule has 2 N–H and O–H groups in total. The van der Waals surface area contributed by atoms with Gasteiger partial charge in [-0.2, -0.15) is 0 Å². The van der Waals surface area contributed by atoms with E-state index in [9.17, 15) is 15.2 Å². The molecule has 0 unspecified atom stereocenters. The molecule has 2 aromatic carbocycles. The van der Waals surface area contributed by atoms with Gasteiger partial charge in [0, 0.05) is 36.0 Å². The maximum absolute atomic E-state index is 10.8. The Morgan fingerprint density at radius 3 is 2.67 bits per heavy atom. The first-order valence-electron chi connectivity index (χ1n) is 6.42. The number of anilines is 1. The highest BCUT2D eigenvalue weighted by molar-refractivity contribution is 5.55. The maximum Gasteiger partial charge on any atom is 0.269 e. The number of aliphatic hydroxyl groups is 1. The summed E-state index contributed by atoms with van der Waals surface area (Å²) >= 11 is 0. The molecule has 6 heteroatoms. The predicted octanol–water partition coefficient (Wildman–Crippen LogP) is 2.71. The Hall–Kier alpha value is -2.60. The lowest BCUT2D eigenvalue weighted by molar-refractivity contribution is -0.384. The smallest absolute Gasteiger partial charge is 0.269 e. The van der Waals surface area contributed by atoms with E-state index < -0.39 is 4.92 Å². The zero-order chi connectivity index (χ0) is 15.2. The monoisotopic (exact) mass is 288 g/mol. The first kappa shape index (κ1) is 14.8. The van der Waals surface area contributed by atoms with Crippen molar-refractivity contribution in [2.75, 3.05) is 12.4 Å². The van der Waals surface area contributed by atoms with E-state index in [2.05, 4.69) is 5.32 Å². The number of ether oxygens (including phenoxy) is 1. The van der Waals surface area contributed by atoms with E-state index in [0.29, 0.717) is 16.9 Å². The van der Waals surface area contributed by atoms with Gasteiger partial charge in [-0.25, -0.2) is 0 Å². The number of nitrogens with one attached hydrogen (secondary N) is 1. The van der Waals surface area contributed by atoms with Gasteiger partial charge in [0.25, 0.3) is 5.69 Å². The summed E-state index contributed by atoms with van der Waals surface area (Å²) in [5, 5.41) is 23.1. The molecule has 0 spiro atoms. The number of hydrogen-bond acceptors (Lipinski definition) is 5. The number of hydrogen-bond donors (Lipinski definition) is 2. The van der Waals surface area contributed by atoms with Crippen LogP contribution < -0.4 is 10.1 Å². The Bertz CT molecular complexity index is 643. The molecule has 6 nitrogen and oxygen atoms in total. The van der Waals surface area contributed by atoms with Crippen LogP contribution in [-0.2, 0) is 13.2 Å². The van der Waals surface area contributed by atoms with Crippen LogP contribution in [0.4, 0.5) is 11.4 Å². The average Bonchev–Trinajstić information content (AvgIpc) is 2.52. The van der Waals surface area contributed by atoms with E-state index in [1.807, 2.05) is 6.07 Å². The van der Waals surface area contributed by atoms with Crippen LogP contribution in [0.5, 0.6) is 5.75 Å². The van der Waals surface area contributed by atoms with Gasteiger partial charge >= 0.3 is 0 Å². The standard InChI is InChI=1S/C15H16N2O4/c1-16-14-7-6-13(17(19)20)8-12(14)10-21-15-5-3-2-4-11(15)9-18/h2-8,16,18H,9-10H2,1H3. The minimum absolute atomic E-state index is 0.0167. The van der Waals surface area contributed by atoms with Gasteiger partial charge in [-0.05, 0) is 12.1 Å². The van der Waals surface area contributed by atoms with Crippen LogP contribution in [0.25, 0.3) is 0 Å². The third-order valence-corrected chi connectivity index (χ3v) is 3.10. The molecule has 0 saturated heterocycles. The van der Waals surface area contributed by atoms with E-state index in [1.54, 1.807) is 31.3 Å². The molecule has 0 bridgehead atoms. The summed E-state index contributed by atoms with van der Waals surface area (Å²) in [5.41, 5.74) is 2.14. The normalized spacial score (nSPS) is 10.2. The van der Waals surface area contributed by atoms with Crippen LogP contribution in [0.2, 0.25) is 0 Å². The number of nitro groups is 1. The number of nitro benzene ring substituents is 1. The molecule has 0 aromatic heterocycles. The van der Waals surface area contributed by atoms with Crippen molar-refractivity contribution in [2.24, 2.45) is 0 Å². The van der Waals surface area contributed by atoms with Gasteiger partial charge in [0.2, 0.25) is 0 Å². The molecular weight excluding hydrogens is 272 g/mol. The summed E-state index contributed by atoms with van der Waals surface area (Å²) in [4.78, 5) is 10.4. The van der Waals surface area contributed by atoms with Gasteiger partial charge in [0.1, 0.15) is 12.4 Å². The zero-order valence-corrected chi connectivity index (χ0v) is 11.6. The van der Waals surface area contributed by atoms with Crippen LogP contribution in [-0.4, -0.2) is 17.1 Å². The number of non-ortho nitro benzene ring substituents is 1. The van der Waals surface area contributed by atoms with E-state index in [1.165, 1.54) is 12.1 Å². The lowest BCUT2D eigenvalue weighted by Gasteiger charge is -2.12. The quantitative estimate of drug-likeness (QED) is 0.630. The van der Waals surface area contributed by atoms with E-state index in [4.69, 9.17) is 4.74 Å². The Morgan fingerprint density at radius 2 is 2.00 bits per heavy atom. The Balaban J connectivity index is 2.22. The van der Waals surface area contributed by atoms with E-state index in [-0.39, 0.29) is 18.9 Å². The topological polar surface area (TPSA) is 84.6 Å². The van der Waals surface area contributed by atoms with E-state index >= 15 is 0 Å². The molecule has 2 rings (SSSR count). The van der Waals surface area contributed by atoms with Crippen LogP contribution in [0, 0.1) is 10.1 Å². The molecule has 110 valence electrons. The van der Waals surface area contributed by atoms with Gasteiger partial charge < -0.3 is 15.2 Å². The second-order valence-electron chi connectivity index (χ2n) is 4.40. The fourth-order valence-corrected chi connectivity index (χ4v) is 1.99. The van der Waals surface area contributed by atoms with Crippen molar-refractivity contribution in [2.45, 2.75) is 13.2 Å². The fraction of sp³-hybridized carbons (Fsp3) is 0.200. The second kappa shape index (κ2) is 6.71. The molecule has 0 aliphatic carbocycles.